The molecule has 2 aromatic rings. The highest BCUT2D eigenvalue weighted by Gasteiger charge is 2.40. The zero-order valence-corrected chi connectivity index (χ0v) is 18.2. The molecule has 6 heteroatoms. The number of rotatable bonds is 6. The molecule has 0 unspecified atom stereocenters. The van der Waals surface area contributed by atoms with Crippen molar-refractivity contribution < 1.29 is 13.2 Å². The third-order valence-electron chi connectivity index (χ3n) is 5.85. The Hall–Kier alpha value is -2.18. The summed E-state index contributed by atoms with van der Waals surface area (Å²) in [6.45, 7) is 7.27. The molecule has 0 aromatic heterocycles. The summed E-state index contributed by atoms with van der Waals surface area (Å²) in [5, 5.41) is 3.00. The minimum atomic E-state index is -3.53. The summed E-state index contributed by atoms with van der Waals surface area (Å²) in [4.78, 5) is 13.1. The average molecular weight is 415 g/mol. The molecule has 0 bridgehead atoms. The van der Waals surface area contributed by atoms with E-state index in [1.165, 1.54) is 4.31 Å². The number of sulfonamides is 1. The van der Waals surface area contributed by atoms with Crippen LogP contribution >= 0.6 is 0 Å². The van der Waals surface area contributed by atoms with Crippen LogP contribution in [0.4, 0.5) is 0 Å². The molecule has 2 aromatic carbocycles. The van der Waals surface area contributed by atoms with Crippen LogP contribution in [0.1, 0.15) is 50.7 Å². The van der Waals surface area contributed by atoms with E-state index in [0.717, 1.165) is 11.1 Å². The highest BCUT2D eigenvalue weighted by atomic mass is 32.2. The van der Waals surface area contributed by atoms with Crippen LogP contribution in [-0.4, -0.2) is 31.7 Å². The van der Waals surface area contributed by atoms with Gasteiger partial charge in [0.05, 0.1) is 4.90 Å². The zero-order valence-electron chi connectivity index (χ0n) is 17.4. The second-order valence-corrected chi connectivity index (χ2v) is 10.3. The van der Waals surface area contributed by atoms with Crippen LogP contribution in [0, 0.1) is 5.41 Å². The molecule has 1 N–H and O–H groups in total. The summed E-state index contributed by atoms with van der Waals surface area (Å²) in [6.07, 6.45) is 1.02. The molecule has 0 aliphatic carbocycles. The van der Waals surface area contributed by atoms with E-state index < -0.39 is 15.4 Å². The number of hydrogen-bond acceptors (Lipinski definition) is 3. The zero-order chi connectivity index (χ0) is 21.1. The molecular formula is C23H30N2O3S. The number of carbonyl (C=O) groups is 1. The molecule has 0 atom stereocenters. The van der Waals surface area contributed by atoms with Gasteiger partial charge in [0.25, 0.3) is 0 Å². The number of hydrogen-bond donors (Lipinski definition) is 1. The van der Waals surface area contributed by atoms with E-state index in [4.69, 9.17) is 0 Å². The molecule has 1 aliphatic rings. The third kappa shape index (κ3) is 4.87. The molecule has 1 amide bonds. The molecule has 5 nitrogen and oxygen atoms in total. The first-order chi connectivity index (χ1) is 13.7. The average Bonchev–Trinajstić information content (AvgIpc) is 2.73. The van der Waals surface area contributed by atoms with Crippen molar-refractivity contribution in [2.75, 3.05) is 13.1 Å². The Kier molecular flexibility index (Phi) is 6.44. The van der Waals surface area contributed by atoms with Gasteiger partial charge < -0.3 is 5.32 Å². The van der Waals surface area contributed by atoms with Gasteiger partial charge in [-0.1, -0.05) is 63.2 Å². The first-order valence-corrected chi connectivity index (χ1v) is 11.6. The normalized spacial score (nSPS) is 17.2. The smallest absolute Gasteiger partial charge is 0.243 e. The van der Waals surface area contributed by atoms with Crippen molar-refractivity contribution >= 4 is 15.9 Å². The van der Waals surface area contributed by atoms with Gasteiger partial charge in [0, 0.05) is 25.0 Å². The summed E-state index contributed by atoms with van der Waals surface area (Å²) in [5.74, 6) is 0.344. The number of piperidine rings is 1. The van der Waals surface area contributed by atoms with Crippen molar-refractivity contribution in [3.63, 3.8) is 0 Å². The summed E-state index contributed by atoms with van der Waals surface area (Å²) in [5.41, 5.74) is 1.61. The number of amides is 1. The molecule has 1 heterocycles. The maximum absolute atomic E-state index is 13.0. The van der Waals surface area contributed by atoms with Crippen LogP contribution in [-0.2, 0) is 21.4 Å². The third-order valence-corrected chi connectivity index (χ3v) is 7.77. The monoisotopic (exact) mass is 414 g/mol. The lowest BCUT2D eigenvalue weighted by atomic mass is 9.80. The largest absolute Gasteiger partial charge is 0.352 e. The van der Waals surface area contributed by atoms with E-state index in [2.05, 4.69) is 19.2 Å². The van der Waals surface area contributed by atoms with Crippen molar-refractivity contribution in [2.24, 2.45) is 5.41 Å². The lowest BCUT2D eigenvalue weighted by Crippen LogP contribution is -2.48. The Morgan fingerprint density at radius 3 is 2.17 bits per heavy atom. The van der Waals surface area contributed by atoms with Crippen molar-refractivity contribution in [1.82, 2.24) is 9.62 Å². The molecule has 29 heavy (non-hydrogen) atoms. The van der Waals surface area contributed by atoms with Gasteiger partial charge in [-0.25, -0.2) is 8.42 Å². The van der Waals surface area contributed by atoms with E-state index in [0.29, 0.717) is 43.3 Å². The highest BCUT2D eigenvalue weighted by molar-refractivity contribution is 7.89. The van der Waals surface area contributed by atoms with Crippen molar-refractivity contribution in [2.45, 2.75) is 51.0 Å². The predicted octanol–water partition coefficient (Wildman–Crippen LogP) is 3.92. The van der Waals surface area contributed by atoms with E-state index in [-0.39, 0.29) is 5.91 Å². The molecule has 1 saturated heterocycles. The maximum Gasteiger partial charge on any atom is 0.243 e. The number of carbonyl (C=O) groups excluding carboxylic acids is 1. The standard InChI is InChI=1S/C23H30N2O3S/c1-18(2)20-9-11-21(12-10-20)29(27,28)25-15-13-23(3,14-16-25)22(26)24-17-19-7-5-4-6-8-19/h4-12,18H,13-17H2,1-3H3,(H,24,26). The topological polar surface area (TPSA) is 66.5 Å². The molecular weight excluding hydrogens is 384 g/mol. The molecule has 0 radical (unpaired) electrons. The van der Waals surface area contributed by atoms with E-state index in [1.54, 1.807) is 12.1 Å². The van der Waals surface area contributed by atoms with Gasteiger partial charge >= 0.3 is 0 Å². The number of nitrogens with zero attached hydrogens (tertiary/aromatic N) is 1. The summed E-state index contributed by atoms with van der Waals surface area (Å²) < 4.78 is 27.5. The van der Waals surface area contributed by atoms with Crippen molar-refractivity contribution in [1.29, 1.82) is 0 Å². The second kappa shape index (κ2) is 8.67. The highest BCUT2D eigenvalue weighted by Crippen LogP contribution is 2.33. The minimum Gasteiger partial charge on any atom is -0.352 e. The van der Waals surface area contributed by atoms with Crippen LogP contribution < -0.4 is 5.32 Å². The Morgan fingerprint density at radius 1 is 1.03 bits per heavy atom. The molecule has 3 rings (SSSR count). The molecule has 0 spiro atoms. The molecule has 1 aliphatic heterocycles. The van der Waals surface area contributed by atoms with Crippen LogP contribution in [0.5, 0.6) is 0 Å². The SMILES string of the molecule is CC(C)c1ccc(S(=O)(=O)N2CCC(C)(C(=O)NCc3ccccc3)CC2)cc1. The molecule has 156 valence electrons. The van der Waals surface area contributed by atoms with Crippen molar-refractivity contribution in [3.05, 3.63) is 65.7 Å². The maximum atomic E-state index is 13.0. The first-order valence-electron chi connectivity index (χ1n) is 10.1. The number of nitrogens with one attached hydrogen (secondary N) is 1. The van der Waals surface area contributed by atoms with E-state index in [1.807, 2.05) is 49.4 Å². The van der Waals surface area contributed by atoms with Crippen LogP contribution in [0.15, 0.2) is 59.5 Å². The Balaban J connectivity index is 1.61. The lowest BCUT2D eigenvalue weighted by molar-refractivity contribution is -0.132. The quantitative estimate of drug-likeness (QED) is 0.779. The second-order valence-electron chi connectivity index (χ2n) is 8.36. The summed E-state index contributed by atoms with van der Waals surface area (Å²) in [7, 11) is -3.53. The van der Waals surface area contributed by atoms with Gasteiger partial charge in [-0.2, -0.15) is 4.31 Å². The Labute approximate surface area is 174 Å². The number of benzene rings is 2. The van der Waals surface area contributed by atoms with E-state index >= 15 is 0 Å². The van der Waals surface area contributed by atoms with Crippen molar-refractivity contribution in [3.8, 4) is 0 Å². The Bertz CT molecular complexity index is 930. The lowest BCUT2D eigenvalue weighted by Gasteiger charge is -2.37. The Morgan fingerprint density at radius 2 is 1.62 bits per heavy atom. The van der Waals surface area contributed by atoms with Gasteiger partial charge in [0.2, 0.25) is 15.9 Å². The fourth-order valence-electron chi connectivity index (χ4n) is 3.61. The molecule has 0 saturated carbocycles. The van der Waals surface area contributed by atoms with Gasteiger partial charge in [0.1, 0.15) is 0 Å². The minimum absolute atomic E-state index is 0.0142. The first kappa shape index (κ1) is 21.5. The molecule has 1 fully saturated rings. The summed E-state index contributed by atoms with van der Waals surface area (Å²) >= 11 is 0. The predicted molar refractivity (Wildman–Crippen MR) is 115 cm³/mol. The van der Waals surface area contributed by atoms with Crippen LogP contribution in [0.2, 0.25) is 0 Å². The fraction of sp³-hybridized carbons (Fsp3) is 0.435. The van der Waals surface area contributed by atoms with Gasteiger partial charge in [-0.15, -0.1) is 0 Å². The van der Waals surface area contributed by atoms with Gasteiger partial charge in [-0.05, 0) is 42.0 Å². The van der Waals surface area contributed by atoms with Crippen LogP contribution in [0.3, 0.4) is 0 Å². The van der Waals surface area contributed by atoms with Crippen LogP contribution in [0.25, 0.3) is 0 Å². The van der Waals surface area contributed by atoms with Gasteiger partial charge in [0.15, 0.2) is 0 Å². The fourth-order valence-corrected chi connectivity index (χ4v) is 5.05. The van der Waals surface area contributed by atoms with E-state index in [9.17, 15) is 13.2 Å². The summed E-state index contributed by atoms with van der Waals surface area (Å²) in [6, 6.07) is 16.9. The van der Waals surface area contributed by atoms with Gasteiger partial charge in [-0.3, -0.25) is 4.79 Å².